The number of nitrogens with zero attached hydrogens (tertiary/aromatic N) is 6. The van der Waals surface area contributed by atoms with Crippen molar-refractivity contribution >= 4 is 58.0 Å². The zero-order valence-electron chi connectivity index (χ0n) is 17.4. The number of amides is 2. The third-order valence-electron chi connectivity index (χ3n) is 5.16. The number of nitriles is 1. The summed E-state index contributed by atoms with van der Waals surface area (Å²) in [6.45, 7) is 1.29. The largest absolute Gasteiger partial charge is 0.356 e. The van der Waals surface area contributed by atoms with Crippen molar-refractivity contribution in [2.45, 2.75) is 19.3 Å². The zero-order chi connectivity index (χ0) is 23.9. The third-order valence-corrected chi connectivity index (χ3v) is 6.79. The number of thiazole rings is 1. The molecule has 2 amide bonds. The van der Waals surface area contributed by atoms with Crippen molar-refractivity contribution in [1.29, 1.82) is 5.26 Å². The van der Waals surface area contributed by atoms with E-state index in [0.717, 1.165) is 10.5 Å². The molecular weight excluding hydrogens is 489 g/mol. The molecule has 0 spiro atoms. The van der Waals surface area contributed by atoms with E-state index in [2.05, 4.69) is 15.3 Å². The number of hydrogen-bond acceptors (Lipinski definition) is 8. The first-order valence-electron chi connectivity index (χ1n) is 9.60. The Bertz CT molecular complexity index is 1280. The first kappa shape index (κ1) is 23.0. The molecule has 2 N–H and O–H groups in total. The predicted molar refractivity (Wildman–Crippen MR) is 124 cm³/mol. The summed E-state index contributed by atoms with van der Waals surface area (Å²) in [5.41, 5.74) is 0.867. The summed E-state index contributed by atoms with van der Waals surface area (Å²) >= 11 is 13.4. The summed E-state index contributed by atoms with van der Waals surface area (Å²) in [7, 11) is 1.54. The molecule has 1 aromatic carbocycles. The number of halogens is 2. The lowest BCUT2D eigenvalue weighted by atomic mass is 10.2. The Kier molecular flexibility index (Phi) is 6.27. The Morgan fingerprint density at radius 3 is 2.85 bits per heavy atom. The Balaban J connectivity index is 1.55. The summed E-state index contributed by atoms with van der Waals surface area (Å²) in [4.78, 5) is 36.8. The molecule has 1 unspecified atom stereocenters. The van der Waals surface area contributed by atoms with E-state index in [1.165, 1.54) is 27.1 Å². The first-order valence-corrected chi connectivity index (χ1v) is 11.2. The van der Waals surface area contributed by atoms with E-state index < -0.39 is 24.2 Å². The fourth-order valence-electron chi connectivity index (χ4n) is 3.35. The fraction of sp³-hybridized carbons (Fsp3) is 0.250. The molecule has 10 nitrogen and oxygen atoms in total. The fourth-order valence-corrected chi connectivity index (χ4v) is 4.40. The van der Waals surface area contributed by atoms with Gasteiger partial charge in [0.05, 0.1) is 22.4 Å². The summed E-state index contributed by atoms with van der Waals surface area (Å²) in [5.74, 6) is -0.451. The number of anilines is 2. The highest BCUT2D eigenvalue weighted by Gasteiger charge is 2.39. The van der Waals surface area contributed by atoms with Gasteiger partial charge < -0.3 is 19.9 Å². The number of benzene rings is 1. The Labute approximate surface area is 202 Å². The van der Waals surface area contributed by atoms with Crippen LogP contribution in [0.15, 0.2) is 29.9 Å². The normalized spacial score (nSPS) is 16.4. The van der Waals surface area contributed by atoms with Gasteiger partial charge in [-0.05, 0) is 19.1 Å². The second kappa shape index (κ2) is 8.99. The van der Waals surface area contributed by atoms with Crippen molar-refractivity contribution in [3.8, 4) is 16.6 Å². The molecule has 0 aliphatic carbocycles. The molecule has 1 aliphatic rings. The first-order chi connectivity index (χ1) is 15.7. The Hall–Kier alpha value is -3.17. The number of nitrogens with one attached hydrogen (secondary N) is 1. The van der Waals surface area contributed by atoms with E-state index in [1.54, 1.807) is 37.6 Å². The SMILES string of the molecule is C[C@@H](C(=O)Nc1csc(-c2ccc(Cl)c(Cl)c2)n1)n1cnc2c1C(=O)N(CC#N)C(O)N2C. The maximum Gasteiger partial charge on any atom is 0.278 e. The minimum atomic E-state index is -1.33. The topological polar surface area (TPSA) is 127 Å². The van der Waals surface area contributed by atoms with Crippen LogP contribution in [0, 0.1) is 11.3 Å². The molecule has 0 fully saturated rings. The predicted octanol–water partition coefficient (Wildman–Crippen LogP) is 3.20. The van der Waals surface area contributed by atoms with Gasteiger partial charge in [-0.1, -0.05) is 29.3 Å². The molecular formula is C20H17Cl2N7O3S. The standard InChI is InChI=1S/C20H17Cl2N7O3S/c1-10(29-9-24-16-15(29)19(31)28(6-5-23)20(32)27(16)2)17(30)25-14-8-33-18(26-14)11-3-4-12(21)13(22)7-11/h3-4,7-10,20,32H,6H2,1-2H3,(H,25,30)/t10-,20?/m0/s1. The van der Waals surface area contributed by atoms with Crippen molar-refractivity contribution in [1.82, 2.24) is 19.4 Å². The lowest BCUT2D eigenvalue weighted by molar-refractivity contribution is -0.118. The van der Waals surface area contributed by atoms with Gasteiger partial charge in [0.15, 0.2) is 11.5 Å². The van der Waals surface area contributed by atoms with Crippen LogP contribution < -0.4 is 10.2 Å². The number of carbonyl (C=O) groups is 2. The van der Waals surface area contributed by atoms with Crippen LogP contribution in [-0.4, -0.2) is 56.3 Å². The number of rotatable bonds is 5. The van der Waals surface area contributed by atoms with Crippen LogP contribution in [0.5, 0.6) is 0 Å². The van der Waals surface area contributed by atoms with Crippen LogP contribution in [0.25, 0.3) is 10.6 Å². The summed E-state index contributed by atoms with van der Waals surface area (Å²) < 4.78 is 1.41. The summed E-state index contributed by atoms with van der Waals surface area (Å²) in [6.07, 6.45) is 0.0283. The highest BCUT2D eigenvalue weighted by atomic mass is 35.5. The van der Waals surface area contributed by atoms with Crippen LogP contribution in [-0.2, 0) is 4.79 Å². The number of carbonyl (C=O) groups excluding carboxylic acids is 2. The Morgan fingerprint density at radius 1 is 1.39 bits per heavy atom. The van der Waals surface area contributed by atoms with Gasteiger partial charge in [-0.15, -0.1) is 11.3 Å². The van der Waals surface area contributed by atoms with Crippen molar-refractivity contribution in [3.63, 3.8) is 0 Å². The average Bonchev–Trinajstić information content (AvgIpc) is 3.44. The van der Waals surface area contributed by atoms with Crippen molar-refractivity contribution < 1.29 is 14.7 Å². The van der Waals surface area contributed by atoms with Gasteiger partial charge in [0.1, 0.15) is 23.4 Å². The maximum absolute atomic E-state index is 12.9. The van der Waals surface area contributed by atoms with Crippen LogP contribution in [0.2, 0.25) is 10.0 Å². The summed E-state index contributed by atoms with van der Waals surface area (Å²) in [6, 6.07) is 6.17. The second-order valence-electron chi connectivity index (χ2n) is 7.20. The molecule has 4 rings (SSSR count). The van der Waals surface area contributed by atoms with Crippen LogP contribution in [0.1, 0.15) is 23.5 Å². The zero-order valence-corrected chi connectivity index (χ0v) is 19.7. The number of aliphatic hydroxyl groups excluding tert-OH is 1. The lowest BCUT2D eigenvalue weighted by Crippen LogP contribution is -2.54. The molecule has 3 heterocycles. The van der Waals surface area contributed by atoms with Crippen molar-refractivity contribution in [2.75, 3.05) is 23.8 Å². The quantitative estimate of drug-likeness (QED) is 0.509. The number of aromatic nitrogens is 3. The van der Waals surface area contributed by atoms with Crippen LogP contribution in [0.3, 0.4) is 0 Å². The third kappa shape index (κ3) is 4.14. The summed E-state index contributed by atoms with van der Waals surface area (Å²) in [5, 5.41) is 25.2. The molecule has 0 radical (unpaired) electrons. The monoisotopic (exact) mass is 505 g/mol. The number of hydrogen-bond donors (Lipinski definition) is 2. The smallest absolute Gasteiger partial charge is 0.278 e. The average molecular weight is 506 g/mol. The molecule has 0 bridgehead atoms. The van der Waals surface area contributed by atoms with Crippen molar-refractivity contribution in [3.05, 3.63) is 45.6 Å². The maximum atomic E-state index is 12.9. The molecule has 1 aliphatic heterocycles. The molecule has 170 valence electrons. The van der Waals surface area contributed by atoms with Gasteiger partial charge in [-0.3, -0.25) is 14.5 Å². The highest BCUT2D eigenvalue weighted by molar-refractivity contribution is 7.13. The molecule has 2 atom stereocenters. The van der Waals surface area contributed by atoms with E-state index in [9.17, 15) is 14.7 Å². The van der Waals surface area contributed by atoms with E-state index in [4.69, 9.17) is 28.5 Å². The molecule has 0 saturated heterocycles. The van der Waals surface area contributed by atoms with Gasteiger partial charge in [-0.25, -0.2) is 9.97 Å². The van der Waals surface area contributed by atoms with Gasteiger partial charge in [0, 0.05) is 18.0 Å². The molecule has 3 aromatic rings. The van der Waals surface area contributed by atoms with Gasteiger partial charge in [-0.2, -0.15) is 5.26 Å². The van der Waals surface area contributed by atoms with Crippen molar-refractivity contribution in [2.24, 2.45) is 0 Å². The Morgan fingerprint density at radius 2 is 2.15 bits per heavy atom. The van der Waals surface area contributed by atoms with E-state index in [0.29, 0.717) is 20.9 Å². The number of aliphatic hydroxyl groups is 1. The number of imidazole rings is 1. The van der Waals surface area contributed by atoms with Crippen LogP contribution >= 0.6 is 34.5 Å². The van der Waals surface area contributed by atoms with Gasteiger partial charge in [0.25, 0.3) is 5.91 Å². The minimum Gasteiger partial charge on any atom is -0.356 e. The van der Waals surface area contributed by atoms with E-state index in [1.807, 2.05) is 6.07 Å². The second-order valence-corrected chi connectivity index (χ2v) is 8.88. The van der Waals surface area contributed by atoms with Gasteiger partial charge >= 0.3 is 0 Å². The van der Waals surface area contributed by atoms with E-state index >= 15 is 0 Å². The van der Waals surface area contributed by atoms with Gasteiger partial charge in [0.2, 0.25) is 12.3 Å². The molecule has 2 aromatic heterocycles. The molecule has 0 saturated carbocycles. The van der Waals surface area contributed by atoms with E-state index in [-0.39, 0.29) is 18.1 Å². The molecule has 33 heavy (non-hydrogen) atoms. The lowest BCUT2D eigenvalue weighted by Gasteiger charge is -2.37. The minimum absolute atomic E-state index is 0.107. The highest BCUT2D eigenvalue weighted by Crippen LogP contribution is 2.32. The van der Waals surface area contributed by atoms with Crippen LogP contribution in [0.4, 0.5) is 11.6 Å². The number of fused-ring (bicyclic) bond motifs is 1. The molecule has 13 heteroatoms.